The zero-order chi connectivity index (χ0) is 8.44. The Morgan fingerprint density at radius 1 is 1.58 bits per heavy atom. The summed E-state index contributed by atoms with van der Waals surface area (Å²) in [7, 11) is 0. The van der Waals surface area contributed by atoms with Gasteiger partial charge in [0, 0.05) is 12.0 Å². The van der Waals surface area contributed by atoms with Gasteiger partial charge in [-0.2, -0.15) is 0 Å². The van der Waals surface area contributed by atoms with Gasteiger partial charge in [-0.3, -0.25) is 0 Å². The lowest BCUT2D eigenvalue weighted by Gasteiger charge is -2.45. The van der Waals surface area contributed by atoms with E-state index in [2.05, 4.69) is 6.58 Å². The van der Waals surface area contributed by atoms with Gasteiger partial charge in [0.25, 0.3) is 0 Å². The summed E-state index contributed by atoms with van der Waals surface area (Å²) in [6, 6.07) is 0. The molecule has 0 radical (unpaired) electrons. The lowest BCUT2D eigenvalue weighted by molar-refractivity contribution is -0.104. The molecule has 1 saturated carbocycles. The fraction of sp³-hybridized carbons (Fsp3) is 0.800. The molecule has 2 aliphatic rings. The van der Waals surface area contributed by atoms with Gasteiger partial charge >= 0.3 is 0 Å². The Balaban J connectivity index is 1.86. The minimum Gasteiger partial charge on any atom is -0.381 e. The molecule has 0 aromatic carbocycles. The smallest absolute Gasteiger partial charge is 0.0658 e. The first-order valence-electron chi connectivity index (χ1n) is 4.68. The van der Waals surface area contributed by atoms with Crippen molar-refractivity contribution in [2.45, 2.75) is 25.4 Å². The quantitative estimate of drug-likeness (QED) is 0.598. The fourth-order valence-electron chi connectivity index (χ4n) is 2.19. The zero-order valence-corrected chi connectivity index (χ0v) is 7.42. The van der Waals surface area contributed by atoms with Crippen LogP contribution in [0.25, 0.3) is 0 Å². The summed E-state index contributed by atoms with van der Waals surface area (Å²) in [5, 5.41) is 0. The molecule has 2 fully saturated rings. The average molecular weight is 168 g/mol. The second-order valence-corrected chi connectivity index (χ2v) is 3.81. The molecule has 0 N–H and O–H groups in total. The van der Waals surface area contributed by atoms with E-state index in [9.17, 15) is 0 Å². The van der Waals surface area contributed by atoms with Crippen LogP contribution in [0.2, 0.25) is 0 Å². The Morgan fingerprint density at radius 2 is 2.50 bits per heavy atom. The molecule has 1 aliphatic heterocycles. The molecule has 1 spiro atoms. The lowest BCUT2D eigenvalue weighted by Crippen LogP contribution is -2.47. The molecule has 1 heterocycles. The van der Waals surface area contributed by atoms with Gasteiger partial charge in [-0.1, -0.05) is 6.08 Å². The number of rotatable bonds is 3. The van der Waals surface area contributed by atoms with Crippen LogP contribution in [0.1, 0.15) is 19.3 Å². The highest BCUT2D eigenvalue weighted by Crippen LogP contribution is 2.48. The van der Waals surface area contributed by atoms with Crippen molar-refractivity contribution in [3.05, 3.63) is 12.7 Å². The van der Waals surface area contributed by atoms with E-state index in [0.29, 0.717) is 18.1 Å². The molecule has 2 rings (SSSR count). The van der Waals surface area contributed by atoms with Crippen LogP contribution < -0.4 is 0 Å². The summed E-state index contributed by atoms with van der Waals surface area (Å²) in [4.78, 5) is 0. The van der Waals surface area contributed by atoms with E-state index in [-0.39, 0.29) is 0 Å². The van der Waals surface area contributed by atoms with Crippen molar-refractivity contribution in [3.63, 3.8) is 0 Å². The fourth-order valence-corrected chi connectivity index (χ4v) is 2.19. The Kier molecular flexibility index (Phi) is 2.20. The van der Waals surface area contributed by atoms with E-state index in [1.165, 1.54) is 19.3 Å². The SMILES string of the molecule is C=CCOC1CCC12CCOC2. The molecule has 2 heteroatoms. The molecule has 1 aliphatic carbocycles. The molecular formula is C10H16O2. The van der Waals surface area contributed by atoms with Gasteiger partial charge in [-0.25, -0.2) is 0 Å². The predicted molar refractivity (Wildman–Crippen MR) is 47.0 cm³/mol. The molecular weight excluding hydrogens is 152 g/mol. The Morgan fingerprint density at radius 3 is 3.00 bits per heavy atom. The predicted octanol–water partition coefficient (Wildman–Crippen LogP) is 1.76. The summed E-state index contributed by atoms with van der Waals surface area (Å²) in [6.45, 7) is 6.17. The maximum atomic E-state index is 5.67. The third kappa shape index (κ3) is 1.19. The van der Waals surface area contributed by atoms with Crippen LogP contribution in [-0.2, 0) is 9.47 Å². The molecule has 12 heavy (non-hydrogen) atoms. The van der Waals surface area contributed by atoms with E-state index in [0.717, 1.165) is 13.2 Å². The lowest BCUT2D eigenvalue weighted by atomic mass is 9.65. The van der Waals surface area contributed by atoms with Gasteiger partial charge in [-0.15, -0.1) is 6.58 Å². The van der Waals surface area contributed by atoms with Crippen LogP contribution in [0.5, 0.6) is 0 Å². The zero-order valence-electron chi connectivity index (χ0n) is 7.42. The van der Waals surface area contributed by atoms with Crippen LogP contribution in [0.4, 0.5) is 0 Å². The Hall–Kier alpha value is -0.340. The van der Waals surface area contributed by atoms with Gasteiger partial charge in [0.2, 0.25) is 0 Å². The molecule has 0 aromatic heterocycles. The number of hydrogen-bond donors (Lipinski definition) is 0. The maximum absolute atomic E-state index is 5.67. The minimum atomic E-state index is 0.392. The van der Waals surface area contributed by atoms with E-state index >= 15 is 0 Å². The van der Waals surface area contributed by atoms with Crippen LogP contribution in [-0.4, -0.2) is 25.9 Å². The van der Waals surface area contributed by atoms with Crippen LogP contribution in [0.3, 0.4) is 0 Å². The summed E-state index contributed by atoms with van der Waals surface area (Å²) in [6.07, 6.45) is 5.95. The van der Waals surface area contributed by atoms with Crippen molar-refractivity contribution < 1.29 is 9.47 Å². The summed E-state index contributed by atoms with van der Waals surface area (Å²) < 4.78 is 11.1. The molecule has 2 nitrogen and oxygen atoms in total. The first kappa shape index (κ1) is 8.27. The molecule has 1 saturated heterocycles. The molecule has 2 atom stereocenters. The first-order chi connectivity index (χ1) is 5.87. The number of hydrogen-bond acceptors (Lipinski definition) is 2. The normalized spacial score (nSPS) is 39.8. The topological polar surface area (TPSA) is 18.5 Å². The van der Waals surface area contributed by atoms with E-state index in [1.54, 1.807) is 0 Å². The third-order valence-corrected chi connectivity index (χ3v) is 3.14. The van der Waals surface area contributed by atoms with E-state index in [1.807, 2.05) is 6.08 Å². The Labute approximate surface area is 73.5 Å². The monoisotopic (exact) mass is 168 g/mol. The summed E-state index contributed by atoms with van der Waals surface area (Å²) >= 11 is 0. The van der Waals surface area contributed by atoms with Gasteiger partial charge in [0.15, 0.2) is 0 Å². The minimum absolute atomic E-state index is 0.392. The third-order valence-electron chi connectivity index (χ3n) is 3.14. The van der Waals surface area contributed by atoms with Crippen molar-refractivity contribution in [1.82, 2.24) is 0 Å². The van der Waals surface area contributed by atoms with Crippen LogP contribution in [0.15, 0.2) is 12.7 Å². The maximum Gasteiger partial charge on any atom is 0.0658 e. The van der Waals surface area contributed by atoms with Gasteiger partial charge in [0.1, 0.15) is 0 Å². The molecule has 68 valence electrons. The highest BCUT2D eigenvalue weighted by Gasteiger charge is 2.49. The second-order valence-electron chi connectivity index (χ2n) is 3.81. The van der Waals surface area contributed by atoms with E-state index < -0.39 is 0 Å². The molecule has 0 bridgehead atoms. The summed E-state index contributed by atoms with van der Waals surface area (Å²) in [5.74, 6) is 0. The first-order valence-corrected chi connectivity index (χ1v) is 4.68. The highest BCUT2D eigenvalue weighted by atomic mass is 16.5. The van der Waals surface area contributed by atoms with Crippen molar-refractivity contribution in [1.29, 1.82) is 0 Å². The Bertz CT molecular complexity index is 171. The van der Waals surface area contributed by atoms with Crippen LogP contribution in [0, 0.1) is 5.41 Å². The average Bonchev–Trinajstić information content (AvgIpc) is 2.53. The molecule has 0 aromatic rings. The van der Waals surface area contributed by atoms with Gasteiger partial charge in [0.05, 0.1) is 19.3 Å². The van der Waals surface area contributed by atoms with Crippen molar-refractivity contribution in [2.24, 2.45) is 5.41 Å². The highest BCUT2D eigenvalue weighted by molar-refractivity contribution is 4.99. The molecule has 0 amide bonds. The van der Waals surface area contributed by atoms with Crippen LogP contribution >= 0.6 is 0 Å². The van der Waals surface area contributed by atoms with Gasteiger partial charge in [-0.05, 0) is 19.3 Å². The van der Waals surface area contributed by atoms with Gasteiger partial charge < -0.3 is 9.47 Å². The second kappa shape index (κ2) is 3.19. The standard InChI is InChI=1S/C10H16O2/c1-2-6-12-9-3-4-10(9)5-7-11-8-10/h2,9H,1,3-8H2. The number of ether oxygens (including phenoxy) is 2. The summed E-state index contributed by atoms with van der Waals surface area (Å²) in [5.41, 5.74) is 0.392. The molecule has 2 unspecified atom stereocenters. The largest absolute Gasteiger partial charge is 0.381 e. The van der Waals surface area contributed by atoms with Crippen molar-refractivity contribution in [3.8, 4) is 0 Å². The van der Waals surface area contributed by atoms with Crippen molar-refractivity contribution >= 4 is 0 Å². The van der Waals surface area contributed by atoms with Crippen molar-refractivity contribution in [2.75, 3.05) is 19.8 Å². The van der Waals surface area contributed by atoms with E-state index in [4.69, 9.17) is 9.47 Å².